The second kappa shape index (κ2) is 5.82. The molecule has 24 heavy (non-hydrogen) atoms. The van der Waals surface area contributed by atoms with Crippen LogP contribution in [0.1, 0.15) is 10.4 Å². The van der Waals surface area contributed by atoms with Crippen molar-refractivity contribution in [3.8, 4) is 5.69 Å². The molecule has 0 spiro atoms. The largest absolute Gasteiger partial charge is 0.319 e. The van der Waals surface area contributed by atoms with E-state index in [4.69, 9.17) is 0 Å². The maximum Gasteiger partial charge on any atom is 0.279 e. The van der Waals surface area contributed by atoms with Crippen molar-refractivity contribution in [2.75, 3.05) is 0 Å². The molecule has 7 nitrogen and oxygen atoms in total. The smallest absolute Gasteiger partial charge is 0.279 e. The minimum atomic E-state index is -0.299. The van der Waals surface area contributed by atoms with E-state index >= 15 is 0 Å². The Hall–Kier alpha value is -3.13. The summed E-state index contributed by atoms with van der Waals surface area (Å²) in [7, 11) is 1.91. The molecular formula is C16H12N6OS. The minimum absolute atomic E-state index is 0.299. The molecule has 2 heterocycles. The number of thiazole rings is 1. The number of tetrazole rings is 1. The Kier molecular flexibility index (Phi) is 3.51. The zero-order chi connectivity index (χ0) is 16.5. The van der Waals surface area contributed by atoms with Crippen molar-refractivity contribution in [1.29, 1.82) is 0 Å². The predicted octanol–water partition coefficient (Wildman–Crippen LogP) is 1.96. The van der Waals surface area contributed by atoms with E-state index in [1.54, 1.807) is 18.2 Å². The fourth-order valence-corrected chi connectivity index (χ4v) is 3.42. The van der Waals surface area contributed by atoms with Crippen molar-refractivity contribution in [1.82, 2.24) is 24.8 Å². The lowest BCUT2D eigenvalue weighted by Gasteiger charge is -2.01. The van der Waals surface area contributed by atoms with Crippen LogP contribution in [-0.4, -0.2) is 30.7 Å². The normalized spacial score (nSPS) is 12.0. The second-order valence-corrected chi connectivity index (χ2v) is 6.14. The van der Waals surface area contributed by atoms with E-state index in [1.807, 2.05) is 41.9 Å². The topological polar surface area (TPSA) is 78.0 Å². The van der Waals surface area contributed by atoms with Crippen LogP contribution in [0.5, 0.6) is 0 Å². The summed E-state index contributed by atoms with van der Waals surface area (Å²) in [5.74, 6) is -0.299. The van der Waals surface area contributed by atoms with Gasteiger partial charge in [-0.2, -0.15) is 4.99 Å². The fourth-order valence-electron chi connectivity index (χ4n) is 2.40. The molecule has 118 valence electrons. The molecule has 2 aromatic carbocycles. The number of para-hydroxylation sites is 1. The van der Waals surface area contributed by atoms with Gasteiger partial charge in [0.15, 0.2) is 4.80 Å². The third-order valence-corrected chi connectivity index (χ3v) is 4.73. The first-order chi connectivity index (χ1) is 11.7. The van der Waals surface area contributed by atoms with Gasteiger partial charge in [0.25, 0.3) is 5.91 Å². The van der Waals surface area contributed by atoms with Gasteiger partial charge in [-0.15, -0.1) is 5.10 Å². The molecule has 0 aliphatic heterocycles. The summed E-state index contributed by atoms with van der Waals surface area (Å²) in [5.41, 5.74) is 2.25. The van der Waals surface area contributed by atoms with Crippen molar-refractivity contribution < 1.29 is 4.79 Å². The van der Waals surface area contributed by atoms with E-state index in [9.17, 15) is 4.79 Å². The molecule has 0 N–H and O–H groups in total. The van der Waals surface area contributed by atoms with Gasteiger partial charge >= 0.3 is 0 Å². The summed E-state index contributed by atoms with van der Waals surface area (Å²) < 4.78 is 4.51. The molecule has 0 bridgehead atoms. The number of rotatable bonds is 2. The first-order valence-electron chi connectivity index (χ1n) is 7.19. The average Bonchev–Trinajstić information content (AvgIpc) is 3.25. The van der Waals surface area contributed by atoms with Gasteiger partial charge in [-0.05, 0) is 40.8 Å². The van der Waals surface area contributed by atoms with Crippen LogP contribution in [0, 0.1) is 0 Å². The number of carbonyl (C=O) groups is 1. The molecule has 2 aromatic heterocycles. The second-order valence-electron chi connectivity index (χ2n) is 5.13. The fraction of sp³-hybridized carbons (Fsp3) is 0.0625. The van der Waals surface area contributed by atoms with Gasteiger partial charge in [-0.25, -0.2) is 4.68 Å². The molecule has 4 rings (SSSR count). The number of nitrogens with zero attached hydrogens (tertiary/aromatic N) is 6. The van der Waals surface area contributed by atoms with Gasteiger partial charge in [0.2, 0.25) is 0 Å². The Bertz CT molecular complexity index is 1090. The van der Waals surface area contributed by atoms with Crippen molar-refractivity contribution in [2.45, 2.75) is 0 Å². The van der Waals surface area contributed by atoms with E-state index in [-0.39, 0.29) is 5.91 Å². The van der Waals surface area contributed by atoms with E-state index < -0.39 is 0 Å². The molecular weight excluding hydrogens is 324 g/mol. The summed E-state index contributed by atoms with van der Waals surface area (Å²) in [6, 6.07) is 15.0. The number of benzene rings is 2. The third kappa shape index (κ3) is 2.52. The highest BCUT2D eigenvalue weighted by Crippen LogP contribution is 2.16. The summed E-state index contributed by atoms with van der Waals surface area (Å²) in [6.45, 7) is 0. The number of hydrogen-bond acceptors (Lipinski definition) is 5. The van der Waals surface area contributed by atoms with Crippen LogP contribution in [0.15, 0.2) is 59.9 Å². The van der Waals surface area contributed by atoms with E-state index in [1.165, 1.54) is 22.3 Å². The lowest BCUT2D eigenvalue weighted by molar-refractivity contribution is 0.0998. The quantitative estimate of drug-likeness (QED) is 0.560. The molecule has 0 radical (unpaired) electrons. The zero-order valence-electron chi connectivity index (χ0n) is 12.7. The Balaban J connectivity index is 1.76. The van der Waals surface area contributed by atoms with Crippen LogP contribution in [0.3, 0.4) is 0 Å². The number of aryl methyl sites for hydroxylation is 1. The van der Waals surface area contributed by atoms with E-state index in [0.29, 0.717) is 16.1 Å². The summed E-state index contributed by atoms with van der Waals surface area (Å²) in [6.07, 6.45) is 1.48. The van der Waals surface area contributed by atoms with Gasteiger partial charge in [0.05, 0.1) is 15.9 Å². The minimum Gasteiger partial charge on any atom is -0.319 e. The highest BCUT2D eigenvalue weighted by atomic mass is 32.1. The Morgan fingerprint density at radius 1 is 1.17 bits per heavy atom. The maximum absolute atomic E-state index is 12.5. The summed E-state index contributed by atoms with van der Waals surface area (Å²) in [5, 5.41) is 11.0. The molecule has 8 heteroatoms. The van der Waals surface area contributed by atoms with Gasteiger partial charge < -0.3 is 4.57 Å². The predicted molar refractivity (Wildman–Crippen MR) is 89.8 cm³/mol. The molecule has 0 saturated heterocycles. The number of amides is 1. The SMILES string of the molecule is Cn1c(=NC(=O)c2cccc(-n3cnnn3)c2)sc2ccccc21. The van der Waals surface area contributed by atoms with Gasteiger partial charge in [0, 0.05) is 12.6 Å². The third-order valence-electron chi connectivity index (χ3n) is 3.62. The maximum atomic E-state index is 12.5. The highest BCUT2D eigenvalue weighted by Gasteiger charge is 2.08. The van der Waals surface area contributed by atoms with Crippen molar-refractivity contribution >= 4 is 27.5 Å². The van der Waals surface area contributed by atoms with E-state index in [2.05, 4.69) is 20.5 Å². The highest BCUT2D eigenvalue weighted by molar-refractivity contribution is 7.16. The molecule has 4 aromatic rings. The molecule has 1 amide bonds. The lowest BCUT2D eigenvalue weighted by atomic mass is 10.2. The number of fused-ring (bicyclic) bond motifs is 1. The zero-order valence-corrected chi connectivity index (χ0v) is 13.5. The van der Waals surface area contributed by atoms with Crippen LogP contribution in [0.25, 0.3) is 15.9 Å². The number of carbonyl (C=O) groups excluding carboxylic acids is 1. The number of aromatic nitrogens is 5. The van der Waals surface area contributed by atoms with Crippen molar-refractivity contribution in [3.05, 3.63) is 65.2 Å². The molecule has 0 saturated carbocycles. The summed E-state index contributed by atoms with van der Waals surface area (Å²) >= 11 is 1.49. The van der Waals surface area contributed by atoms with Crippen LogP contribution in [0.4, 0.5) is 0 Å². The molecule has 0 fully saturated rings. The number of hydrogen-bond donors (Lipinski definition) is 0. The van der Waals surface area contributed by atoms with Gasteiger partial charge in [0.1, 0.15) is 6.33 Å². The standard InChI is InChI=1S/C16H12N6OS/c1-21-13-7-2-3-8-14(13)24-16(21)18-15(23)11-5-4-6-12(9-11)22-10-17-19-20-22/h2-10H,1H3. The Morgan fingerprint density at radius 3 is 2.83 bits per heavy atom. The average molecular weight is 336 g/mol. The summed E-state index contributed by atoms with van der Waals surface area (Å²) in [4.78, 5) is 17.5. The molecule has 0 aliphatic rings. The Labute approximate surface area is 140 Å². The van der Waals surface area contributed by atoms with Crippen LogP contribution < -0.4 is 4.80 Å². The monoisotopic (exact) mass is 336 g/mol. The van der Waals surface area contributed by atoms with Crippen molar-refractivity contribution in [3.63, 3.8) is 0 Å². The van der Waals surface area contributed by atoms with Gasteiger partial charge in [-0.1, -0.05) is 29.5 Å². The lowest BCUT2D eigenvalue weighted by Crippen LogP contribution is -2.13. The van der Waals surface area contributed by atoms with Gasteiger partial charge in [-0.3, -0.25) is 4.79 Å². The van der Waals surface area contributed by atoms with E-state index in [0.717, 1.165) is 10.2 Å². The molecule has 0 aliphatic carbocycles. The first kappa shape index (κ1) is 14.5. The van der Waals surface area contributed by atoms with Crippen molar-refractivity contribution in [2.24, 2.45) is 12.0 Å². The Morgan fingerprint density at radius 2 is 2.04 bits per heavy atom. The molecule has 0 atom stereocenters. The van der Waals surface area contributed by atoms with Crippen LogP contribution in [-0.2, 0) is 7.05 Å². The van der Waals surface area contributed by atoms with Crippen LogP contribution in [0.2, 0.25) is 0 Å². The molecule has 0 unspecified atom stereocenters. The first-order valence-corrected chi connectivity index (χ1v) is 8.01. The van der Waals surface area contributed by atoms with Crippen LogP contribution >= 0.6 is 11.3 Å².